The molecule has 0 fully saturated rings. The predicted molar refractivity (Wildman–Crippen MR) is 202 cm³/mol. The van der Waals surface area contributed by atoms with Crippen molar-refractivity contribution in [1.29, 1.82) is 10.5 Å². The molecule has 9 aromatic rings. The number of fused-ring (bicyclic) bond motifs is 6. The fourth-order valence-corrected chi connectivity index (χ4v) is 7.45. The van der Waals surface area contributed by atoms with Gasteiger partial charge in [-0.05, 0) is 82.9 Å². The van der Waals surface area contributed by atoms with E-state index in [1.54, 1.807) is 0 Å². The number of rotatable bonds is 4. The van der Waals surface area contributed by atoms with Gasteiger partial charge in [0.25, 0.3) is 0 Å². The number of hydrogen-bond acceptors (Lipinski definition) is 2. The first kappa shape index (κ1) is 28.8. The Labute approximate surface area is 288 Å². The maximum atomic E-state index is 10.0. The Kier molecular flexibility index (Phi) is 6.56. The van der Waals surface area contributed by atoms with Crippen LogP contribution in [0.3, 0.4) is 0 Å². The summed E-state index contributed by atoms with van der Waals surface area (Å²) >= 11 is 0. The minimum Gasteiger partial charge on any atom is -0.318 e. The highest BCUT2D eigenvalue weighted by Crippen LogP contribution is 2.42. The maximum absolute atomic E-state index is 10.0. The quantitative estimate of drug-likeness (QED) is 0.181. The molecule has 0 spiro atoms. The average Bonchev–Trinajstić information content (AvgIpc) is 3.70. The molecular formula is C45H25N5. The summed E-state index contributed by atoms with van der Waals surface area (Å²) < 4.78 is 4.40. The number of benzene rings is 7. The number of nitriles is 2. The summed E-state index contributed by atoms with van der Waals surface area (Å²) in [5.41, 5.74) is 11.6. The standard InChI is InChI=1S/C45H25N5/c1-48-39-18-9-17-35(45(39)50-41-20-5-3-16-37(41)44-33(28-47)13-8-21-43(44)50)32-12-6-10-30(25-32)31-11-7-14-34(26-31)49-40-19-4-2-15-36(40)38-24-29(27-46)22-23-42(38)49/h2-26H. The van der Waals surface area contributed by atoms with E-state index in [9.17, 15) is 10.5 Å². The first-order chi connectivity index (χ1) is 24.7. The molecule has 0 saturated heterocycles. The molecule has 0 aliphatic heterocycles. The van der Waals surface area contributed by atoms with E-state index in [2.05, 4.69) is 98.9 Å². The summed E-state index contributed by atoms with van der Waals surface area (Å²) in [6.45, 7) is 8.19. The van der Waals surface area contributed by atoms with Crippen molar-refractivity contribution in [2.75, 3.05) is 0 Å². The molecule has 5 heteroatoms. The van der Waals surface area contributed by atoms with Gasteiger partial charge in [0, 0.05) is 27.2 Å². The second kappa shape index (κ2) is 11.4. The SMILES string of the molecule is [C-]#[N+]c1cccc(-c2cccc(-c3cccc(-n4c5ccccc5c5cc(C#N)ccc54)c3)c2)c1-n1c2ccccc2c2c(C#N)cccc21. The zero-order valence-corrected chi connectivity index (χ0v) is 26.7. The number of aromatic nitrogens is 2. The van der Waals surface area contributed by atoms with Gasteiger partial charge in [-0.3, -0.25) is 0 Å². The van der Waals surface area contributed by atoms with Gasteiger partial charge in [-0.2, -0.15) is 10.5 Å². The number of hydrogen-bond donors (Lipinski definition) is 0. The van der Waals surface area contributed by atoms with E-state index in [4.69, 9.17) is 6.57 Å². The van der Waals surface area contributed by atoms with Gasteiger partial charge in [0.05, 0.1) is 57.6 Å². The fraction of sp³-hybridized carbons (Fsp3) is 0. The molecule has 7 aromatic carbocycles. The third-order valence-electron chi connectivity index (χ3n) is 9.59. The van der Waals surface area contributed by atoms with Gasteiger partial charge >= 0.3 is 0 Å². The van der Waals surface area contributed by atoms with Crippen LogP contribution < -0.4 is 0 Å². The van der Waals surface area contributed by atoms with E-state index in [0.717, 1.165) is 77.2 Å². The van der Waals surface area contributed by atoms with Crippen LogP contribution in [0, 0.1) is 29.2 Å². The summed E-state index contributed by atoms with van der Waals surface area (Å²) in [6, 6.07) is 55.6. The third-order valence-corrected chi connectivity index (χ3v) is 9.59. The molecule has 2 aromatic heterocycles. The van der Waals surface area contributed by atoms with Crippen molar-refractivity contribution < 1.29 is 0 Å². The average molecular weight is 636 g/mol. The number of nitrogens with zero attached hydrogens (tertiary/aromatic N) is 5. The lowest BCUT2D eigenvalue weighted by molar-refractivity contribution is 1.18. The summed E-state index contributed by atoms with van der Waals surface area (Å²) in [4.78, 5) is 3.99. The van der Waals surface area contributed by atoms with Gasteiger partial charge in [0.2, 0.25) is 5.69 Å². The van der Waals surface area contributed by atoms with E-state index in [1.807, 2.05) is 78.9 Å². The monoisotopic (exact) mass is 635 g/mol. The molecule has 9 rings (SSSR count). The van der Waals surface area contributed by atoms with Crippen LogP contribution in [-0.4, -0.2) is 9.13 Å². The van der Waals surface area contributed by atoms with Crippen LogP contribution in [0.2, 0.25) is 0 Å². The Balaban J connectivity index is 1.23. The Morgan fingerprint density at radius 1 is 0.500 bits per heavy atom. The Morgan fingerprint density at radius 3 is 1.96 bits per heavy atom. The zero-order valence-electron chi connectivity index (χ0n) is 26.7. The predicted octanol–water partition coefficient (Wildman–Crippen LogP) is 11.5. The number of para-hydroxylation sites is 3. The Hall–Kier alpha value is -7.39. The van der Waals surface area contributed by atoms with Gasteiger partial charge < -0.3 is 9.13 Å². The smallest absolute Gasteiger partial charge is 0.211 e. The molecular weight excluding hydrogens is 611 g/mol. The van der Waals surface area contributed by atoms with E-state index in [1.165, 1.54) is 0 Å². The Bertz CT molecular complexity index is 2970. The van der Waals surface area contributed by atoms with Gasteiger partial charge in [-0.15, -0.1) is 0 Å². The van der Waals surface area contributed by atoms with Gasteiger partial charge in [-0.1, -0.05) is 91.0 Å². The molecule has 0 radical (unpaired) electrons. The van der Waals surface area contributed by atoms with Crippen LogP contribution in [0.5, 0.6) is 0 Å². The third kappa shape index (κ3) is 4.31. The van der Waals surface area contributed by atoms with E-state index in [-0.39, 0.29) is 0 Å². The first-order valence-corrected chi connectivity index (χ1v) is 16.3. The summed E-state index contributed by atoms with van der Waals surface area (Å²) in [6.07, 6.45) is 0. The van der Waals surface area contributed by atoms with Crippen LogP contribution in [0.4, 0.5) is 5.69 Å². The first-order valence-electron chi connectivity index (χ1n) is 16.3. The molecule has 0 saturated carbocycles. The highest BCUT2D eigenvalue weighted by molar-refractivity contribution is 6.13. The van der Waals surface area contributed by atoms with Crippen molar-refractivity contribution >= 4 is 49.3 Å². The van der Waals surface area contributed by atoms with E-state index >= 15 is 0 Å². The van der Waals surface area contributed by atoms with Gasteiger partial charge in [0.15, 0.2) is 0 Å². The largest absolute Gasteiger partial charge is 0.318 e. The molecule has 230 valence electrons. The van der Waals surface area contributed by atoms with Crippen LogP contribution in [-0.2, 0) is 0 Å². The van der Waals surface area contributed by atoms with Crippen molar-refractivity contribution in [3.63, 3.8) is 0 Å². The highest BCUT2D eigenvalue weighted by atomic mass is 15.0. The minimum absolute atomic E-state index is 0.533. The van der Waals surface area contributed by atoms with Crippen molar-refractivity contribution in [1.82, 2.24) is 9.13 Å². The van der Waals surface area contributed by atoms with Crippen LogP contribution >= 0.6 is 0 Å². The molecule has 5 nitrogen and oxygen atoms in total. The van der Waals surface area contributed by atoms with Crippen LogP contribution in [0.15, 0.2) is 152 Å². The molecule has 2 heterocycles. The molecule has 0 aliphatic carbocycles. The molecule has 50 heavy (non-hydrogen) atoms. The molecule has 0 N–H and O–H groups in total. The molecule has 0 atom stereocenters. The van der Waals surface area contributed by atoms with Crippen LogP contribution in [0.1, 0.15) is 11.1 Å². The summed E-state index contributed by atoms with van der Waals surface area (Å²) in [5.74, 6) is 0. The zero-order chi connectivity index (χ0) is 33.8. The van der Waals surface area contributed by atoms with Crippen molar-refractivity contribution in [3.8, 4) is 45.8 Å². The van der Waals surface area contributed by atoms with E-state index < -0.39 is 0 Å². The molecule has 0 aliphatic rings. The minimum atomic E-state index is 0.533. The van der Waals surface area contributed by atoms with Crippen molar-refractivity contribution in [3.05, 3.63) is 174 Å². The Morgan fingerprint density at radius 2 is 1.16 bits per heavy atom. The normalized spacial score (nSPS) is 11.1. The van der Waals surface area contributed by atoms with E-state index in [0.29, 0.717) is 16.8 Å². The lowest BCUT2D eigenvalue weighted by atomic mass is 9.97. The molecule has 0 unspecified atom stereocenters. The van der Waals surface area contributed by atoms with Crippen molar-refractivity contribution in [2.24, 2.45) is 0 Å². The maximum Gasteiger partial charge on any atom is 0.211 e. The topological polar surface area (TPSA) is 61.8 Å². The summed E-state index contributed by atoms with van der Waals surface area (Å²) in [5, 5.41) is 23.6. The van der Waals surface area contributed by atoms with Crippen molar-refractivity contribution in [2.45, 2.75) is 0 Å². The molecule has 0 bridgehead atoms. The fourth-order valence-electron chi connectivity index (χ4n) is 7.45. The van der Waals surface area contributed by atoms with Gasteiger partial charge in [0.1, 0.15) is 0 Å². The van der Waals surface area contributed by atoms with Crippen LogP contribution in [0.25, 0.3) is 82.1 Å². The van der Waals surface area contributed by atoms with Gasteiger partial charge in [-0.25, -0.2) is 4.85 Å². The second-order valence-corrected chi connectivity index (χ2v) is 12.3. The lowest BCUT2D eigenvalue weighted by Crippen LogP contribution is -1.98. The summed E-state index contributed by atoms with van der Waals surface area (Å²) in [7, 11) is 0. The molecule has 0 amide bonds. The lowest BCUT2D eigenvalue weighted by Gasteiger charge is -2.17. The highest BCUT2D eigenvalue weighted by Gasteiger charge is 2.21. The second-order valence-electron chi connectivity index (χ2n) is 12.3.